The SMILES string of the molecule is CNc1nn(-c2ccc(C)c(F)c2)cc1C(=N)N1CCCCC1. The smallest absolute Gasteiger partial charge is 0.159 e. The number of halogens is 1. The number of likely N-dealkylation sites (tertiary alicyclic amines) is 1. The molecule has 1 aromatic heterocycles. The van der Waals surface area contributed by atoms with Crippen molar-refractivity contribution in [3.63, 3.8) is 0 Å². The lowest BCUT2D eigenvalue weighted by Crippen LogP contribution is -2.35. The quantitative estimate of drug-likeness (QED) is 0.675. The molecule has 0 saturated carbocycles. The molecule has 3 rings (SSSR count). The van der Waals surface area contributed by atoms with Gasteiger partial charge in [-0.15, -0.1) is 5.10 Å². The highest BCUT2D eigenvalue weighted by Gasteiger charge is 2.20. The van der Waals surface area contributed by atoms with Gasteiger partial charge in [0.1, 0.15) is 11.7 Å². The van der Waals surface area contributed by atoms with Crippen LogP contribution in [0.3, 0.4) is 0 Å². The van der Waals surface area contributed by atoms with Gasteiger partial charge in [0.05, 0.1) is 11.3 Å². The Hall–Kier alpha value is -2.37. The van der Waals surface area contributed by atoms with Crippen LogP contribution in [0.2, 0.25) is 0 Å². The van der Waals surface area contributed by atoms with Gasteiger partial charge in [-0.05, 0) is 43.9 Å². The first-order valence-electron chi connectivity index (χ1n) is 7.98. The Balaban J connectivity index is 1.93. The zero-order valence-corrected chi connectivity index (χ0v) is 13.6. The molecular weight excluding hydrogens is 293 g/mol. The third-order valence-electron chi connectivity index (χ3n) is 4.30. The normalized spacial score (nSPS) is 14.8. The zero-order chi connectivity index (χ0) is 16.4. The van der Waals surface area contributed by atoms with Gasteiger partial charge in [-0.1, -0.05) is 6.07 Å². The molecule has 2 aromatic rings. The summed E-state index contributed by atoms with van der Waals surface area (Å²) in [6.45, 7) is 3.55. The molecule has 2 N–H and O–H groups in total. The van der Waals surface area contributed by atoms with Crippen molar-refractivity contribution in [2.75, 3.05) is 25.5 Å². The van der Waals surface area contributed by atoms with Crippen LogP contribution in [0, 0.1) is 18.2 Å². The van der Waals surface area contributed by atoms with Crippen molar-refractivity contribution < 1.29 is 4.39 Å². The fraction of sp³-hybridized carbons (Fsp3) is 0.412. The predicted molar refractivity (Wildman–Crippen MR) is 90.1 cm³/mol. The minimum Gasteiger partial charge on any atom is -0.371 e. The summed E-state index contributed by atoms with van der Waals surface area (Å²) in [6.07, 6.45) is 5.26. The summed E-state index contributed by atoms with van der Waals surface area (Å²) in [5.41, 5.74) is 2.01. The topological polar surface area (TPSA) is 56.9 Å². The molecule has 1 aliphatic heterocycles. The van der Waals surface area contributed by atoms with Gasteiger partial charge >= 0.3 is 0 Å². The van der Waals surface area contributed by atoms with Crippen molar-refractivity contribution in [1.82, 2.24) is 14.7 Å². The van der Waals surface area contributed by atoms with Gasteiger partial charge in [-0.3, -0.25) is 5.41 Å². The lowest BCUT2D eigenvalue weighted by Gasteiger charge is -2.28. The molecule has 5 nitrogen and oxygen atoms in total. The van der Waals surface area contributed by atoms with Crippen molar-refractivity contribution in [2.24, 2.45) is 0 Å². The number of amidine groups is 1. The molecule has 1 fully saturated rings. The van der Waals surface area contributed by atoms with Crippen molar-refractivity contribution in [3.05, 3.63) is 41.3 Å². The summed E-state index contributed by atoms with van der Waals surface area (Å²) in [5, 5.41) is 16.0. The number of nitrogens with one attached hydrogen (secondary N) is 2. The molecule has 0 spiro atoms. The van der Waals surface area contributed by atoms with Gasteiger partial charge in [-0.25, -0.2) is 9.07 Å². The van der Waals surface area contributed by atoms with Crippen LogP contribution < -0.4 is 5.32 Å². The summed E-state index contributed by atoms with van der Waals surface area (Å²) in [6, 6.07) is 5.04. The van der Waals surface area contributed by atoms with Crippen molar-refractivity contribution in [3.8, 4) is 5.69 Å². The molecule has 0 aliphatic carbocycles. The first-order chi connectivity index (χ1) is 11.1. The van der Waals surface area contributed by atoms with Crippen LogP contribution in [-0.4, -0.2) is 40.7 Å². The van der Waals surface area contributed by atoms with Crippen molar-refractivity contribution in [2.45, 2.75) is 26.2 Å². The molecule has 2 heterocycles. The lowest BCUT2D eigenvalue weighted by atomic mass is 10.1. The molecule has 0 radical (unpaired) electrons. The monoisotopic (exact) mass is 315 g/mol. The number of hydrogen-bond acceptors (Lipinski definition) is 3. The van der Waals surface area contributed by atoms with E-state index in [0.29, 0.717) is 22.9 Å². The third kappa shape index (κ3) is 3.06. The number of nitrogens with zero attached hydrogens (tertiary/aromatic N) is 3. The number of anilines is 1. The number of hydrogen-bond donors (Lipinski definition) is 2. The minimum atomic E-state index is -0.253. The van der Waals surface area contributed by atoms with Crippen LogP contribution in [0.4, 0.5) is 10.2 Å². The highest BCUT2D eigenvalue weighted by Crippen LogP contribution is 2.21. The Morgan fingerprint density at radius 2 is 2.00 bits per heavy atom. The Kier molecular flexibility index (Phi) is 4.32. The van der Waals surface area contributed by atoms with Crippen molar-refractivity contribution in [1.29, 1.82) is 5.41 Å². The number of rotatable bonds is 3. The molecule has 1 saturated heterocycles. The molecule has 1 aliphatic rings. The van der Waals surface area contributed by atoms with E-state index in [0.717, 1.165) is 31.5 Å². The fourth-order valence-corrected chi connectivity index (χ4v) is 2.88. The van der Waals surface area contributed by atoms with Crippen LogP contribution in [0.25, 0.3) is 5.69 Å². The Morgan fingerprint density at radius 1 is 1.26 bits per heavy atom. The predicted octanol–water partition coefficient (Wildman–Crippen LogP) is 3.17. The first kappa shape index (κ1) is 15.5. The van der Waals surface area contributed by atoms with Crippen molar-refractivity contribution >= 4 is 11.7 Å². The van der Waals surface area contributed by atoms with E-state index < -0.39 is 0 Å². The lowest BCUT2D eigenvalue weighted by molar-refractivity contribution is 0.341. The van der Waals surface area contributed by atoms with Gasteiger partial charge in [0, 0.05) is 26.3 Å². The Labute approximate surface area is 135 Å². The second-order valence-corrected chi connectivity index (χ2v) is 5.92. The van der Waals surface area contributed by atoms with E-state index in [2.05, 4.69) is 15.3 Å². The summed E-state index contributed by atoms with van der Waals surface area (Å²) >= 11 is 0. The molecule has 0 amide bonds. The van der Waals surface area contributed by atoms with E-state index in [1.165, 1.54) is 12.5 Å². The van der Waals surface area contributed by atoms with Gasteiger partial charge < -0.3 is 10.2 Å². The molecule has 23 heavy (non-hydrogen) atoms. The fourth-order valence-electron chi connectivity index (χ4n) is 2.88. The molecule has 0 bridgehead atoms. The number of aryl methyl sites for hydroxylation is 1. The van der Waals surface area contributed by atoms with Gasteiger partial charge in [0.15, 0.2) is 5.82 Å². The van der Waals surface area contributed by atoms with E-state index in [9.17, 15) is 4.39 Å². The molecule has 0 unspecified atom stereocenters. The highest BCUT2D eigenvalue weighted by atomic mass is 19.1. The van der Waals surface area contributed by atoms with Crippen LogP contribution in [0.5, 0.6) is 0 Å². The first-order valence-corrected chi connectivity index (χ1v) is 7.98. The number of aromatic nitrogens is 2. The minimum absolute atomic E-state index is 0.253. The largest absolute Gasteiger partial charge is 0.371 e. The van der Waals surface area contributed by atoms with E-state index >= 15 is 0 Å². The summed E-state index contributed by atoms with van der Waals surface area (Å²) in [7, 11) is 1.79. The van der Waals surface area contributed by atoms with E-state index in [1.807, 2.05) is 6.07 Å². The summed E-state index contributed by atoms with van der Waals surface area (Å²) in [5.74, 6) is 0.867. The Morgan fingerprint density at radius 3 is 2.65 bits per heavy atom. The Bertz CT molecular complexity index is 716. The standard InChI is InChI=1S/C17H22FN5/c1-12-6-7-13(10-15(12)18)23-11-14(17(20-2)21-23)16(19)22-8-4-3-5-9-22/h6-7,10-11,19H,3-5,8-9H2,1-2H3,(H,20,21). The second-order valence-electron chi connectivity index (χ2n) is 5.92. The maximum atomic E-state index is 13.8. The maximum absolute atomic E-state index is 13.8. The molecular formula is C17H22FN5. The third-order valence-corrected chi connectivity index (χ3v) is 4.30. The molecule has 1 aromatic carbocycles. The van der Waals surface area contributed by atoms with Crippen LogP contribution in [0.1, 0.15) is 30.4 Å². The molecule has 6 heteroatoms. The van der Waals surface area contributed by atoms with E-state index in [4.69, 9.17) is 5.41 Å². The van der Waals surface area contributed by atoms with Crippen LogP contribution >= 0.6 is 0 Å². The average Bonchev–Trinajstić information content (AvgIpc) is 3.02. The van der Waals surface area contributed by atoms with Crippen LogP contribution in [-0.2, 0) is 0 Å². The van der Waals surface area contributed by atoms with Gasteiger partial charge in [0.25, 0.3) is 0 Å². The molecule has 0 atom stereocenters. The number of benzene rings is 1. The van der Waals surface area contributed by atoms with Gasteiger partial charge in [0.2, 0.25) is 0 Å². The van der Waals surface area contributed by atoms with Crippen LogP contribution in [0.15, 0.2) is 24.4 Å². The van der Waals surface area contributed by atoms with Gasteiger partial charge in [-0.2, -0.15) is 0 Å². The second kappa shape index (κ2) is 6.40. The zero-order valence-electron chi connectivity index (χ0n) is 13.6. The van der Waals surface area contributed by atoms with E-state index in [1.54, 1.807) is 30.9 Å². The average molecular weight is 315 g/mol. The maximum Gasteiger partial charge on any atom is 0.159 e. The molecule has 122 valence electrons. The summed E-state index contributed by atoms with van der Waals surface area (Å²) < 4.78 is 15.4. The highest BCUT2D eigenvalue weighted by molar-refractivity contribution is 6.00. The number of piperidine rings is 1. The summed E-state index contributed by atoms with van der Waals surface area (Å²) in [4.78, 5) is 2.08. The van der Waals surface area contributed by atoms with E-state index in [-0.39, 0.29) is 5.82 Å².